The maximum absolute atomic E-state index is 12.6. The second kappa shape index (κ2) is 12.4. The van der Waals surface area contributed by atoms with Gasteiger partial charge in [-0.2, -0.15) is 0 Å². The van der Waals surface area contributed by atoms with Crippen molar-refractivity contribution in [1.82, 2.24) is 9.97 Å². The van der Waals surface area contributed by atoms with Crippen molar-refractivity contribution in [1.29, 1.82) is 0 Å². The van der Waals surface area contributed by atoms with Crippen molar-refractivity contribution < 1.29 is 23.8 Å². The molecular weight excluding hydrogens is 566 g/mol. The molecule has 0 spiro atoms. The highest BCUT2D eigenvalue weighted by Gasteiger charge is 2.25. The Morgan fingerprint density at radius 2 is 1.81 bits per heavy atom. The van der Waals surface area contributed by atoms with Gasteiger partial charge in [0.15, 0.2) is 0 Å². The highest BCUT2D eigenvalue weighted by Crippen LogP contribution is 2.39. The largest absolute Gasteiger partial charge is 0.496 e. The fourth-order valence-electron chi connectivity index (χ4n) is 5.90. The van der Waals surface area contributed by atoms with Crippen LogP contribution in [0.1, 0.15) is 58.8 Å². The van der Waals surface area contributed by atoms with Gasteiger partial charge in [-0.3, -0.25) is 10.3 Å². The van der Waals surface area contributed by atoms with Crippen molar-refractivity contribution in [3.63, 3.8) is 0 Å². The molecule has 1 aliphatic rings. The summed E-state index contributed by atoms with van der Waals surface area (Å²) < 4.78 is 16.4. The van der Waals surface area contributed by atoms with Gasteiger partial charge in [0.05, 0.1) is 25.3 Å². The third kappa shape index (κ3) is 6.15. The van der Waals surface area contributed by atoms with E-state index >= 15 is 0 Å². The van der Waals surface area contributed by atoms with Crippen LogP contribution in [0.3, 0.4) is 0 Å². The number of ether oxygens (including phenoxy) is 3. The Morgan fingerprint density at radius 1 is 1.00 bits per heavy atom. The molecule has 6 rings (SSSR count). The molecule has 0 bridgehead atoms. The summed E-state index contributed by atoms with van der Waals surface area (Å²) in [6, 6.07) is 20.8. The number of carbonyl (C=O) groups is 2. The van der Waals surface area contributed by atoms with Crippen LogP contribution in [0, 0.1) is 0 Å². The summed E-state index contributed by atoms with van der Waals surface area (Å²) in [5.41, 5.74) is 5.49. The third-order valence-electron chi connectivity index (χ3n) is 8.07. The summed E-state index contributed by atoms with van der Waals surface area (Å²) in [5.74, 6) is -0.109. The molecule has 0 saturated heterocycles. The molecule has 43 heavy (non-hydrogen) atoms. The molecule has 8 nitrogen and oxygen atoms in total. The fraction of sp³-hybridized carbons (Fsp3) is 0.265. The number of aromatic nitrogens is 2. The second-order valence-electron chi connectivity index (χ2n) is 10.8. The van der Waals surface area contributed by atoms with Crippen LogP contribution in [0.2, 0.25) is 5.02 Å². The van der Waals surface area contributed by atoms with Crippen LogP contribution in [0.25, 0.3) is 21.8 Å². The molecule has 1 saturated carbocycles. The SMILES string of the molecule is COC(=O)c1ccc(C(Cc2ccc3ccc(Cl)cc3n2)c2c[nH]c3ccc(NC(=O)OC4CCCC4)cc23)c(OC)c1. The lowest BCUT2D eigenvalue weighted by Gasteiger charge is -2.21. The molecule has 220 valence electrons. The van der Waals surface area contributed by atoms with Crippen molar-refractivity contribution in [3.05, 3.63) is 100 Å². The van der Waals surface area contributed by atoms with E-state index in [1.54, 1.807) is 19.2 Å². The summed E-state index contributed by atoms with van der Waals surface area (Å²) in [5, 5.41) is 5.46. The quantitative estimate of drug-likeness (QED) is 0.176. The zero-order chi connectivity index (χ0) is 29.9. The molecule has 5 aromatic rings. The molecule has 3 aromatic carbocycles. The van der Waals surface area contributed by atoms with Gasteiger partial charge in [-0.25, -0.2) is 9.59 Å². The van der Waals surface area contributed by atoms with Gasteiger partial charge in [0.1, 0.15) is 11.9 Å². The molecule has 0 aliphatic heterocycles. The van der Waals surface area contributed by atoms with E-state index in [1.807, 2.05) is 60.8 Å². The lowest BCUT2D eigenvalue weighted by Crippen LogP contribution is -2.20. The highest BCUT2D eigenvalue weighted by molar-refractivity contribution is 6.31. The topological polar surface area (TPSA) is 103 Å². The minimum absolute atomic E-state index is 0.0271. The van der Waals surface area contributed by atoms with Gasteiger partial charge in [0, 0.05) is 56.8 Å². The Hall–Kier alpha value is -4.56. The number of halogens is 1. The Morgan fingerprint density at radius 3 is 2.60 bits per heavy atom. The van der Waals surface area contributed by atoms with Gasteiger partial charge in [0.2, 0.25) is 0 Å². The minimum atomic E-state index is -0.445. The number of amides is 1. The molecule has 0 radical (unpaired) electrons. The molecule has 1 atom stereocenters. The number of rotatable bonds is 8. The van der Waals surface area contributed by atoms with Gasteiger partial charge in [0.25, 0.3) is 0 Å². The van der Waals surface area contributed by atoms with E-state index in [-0.39, 0.29) is 12.0 Å². The Kier molecular flexibility index (Phi) is 8.20. The van der Waals surface area contributed by atoms with Gasteiger partial charge >= 0.3 is 12.1 Å². The van der Waals surface area contributed by atoms with E-state index in [0.717, 1.165) is 64.3 Å². The molecule has 2 aromatic heterocycles. The lowest BCUT2D eigenvalue weighted by molar-refractivity contribution is 0.0600. The summed E-state index contributed by atoms with van der Waals surface area (Å²) in [4.78, 5) is 33.2. The second-order valence-corrected chi connectivity index (χ2v) is 11.2. The van der Waals surface area contributed by atoms with E-state index < -0.39 is 12.1 Å². The Labute approximate surface area is 254 Å². The lowest BCUT2D eigenvalue weighted by atomic mass is 9.85. The van der Waals surface area contributed by atoms with Crippen molar-refractivity contribution in [2.75, 3.05) is 19.5 Å². The number of pyridine rings is 1. The molecule has 1 amide bonds. The van der Waals surface area contributed by atoms with Crippen molar-refractivity contribution in [2.45, 2.75) is 44.1 Å². The van der Waals surface area contributed by atoms with Crippen LogP contribution in [-0.2, 0) is 15.9 Å². The number of benzene rings is 3. The standard InChI is InChI=1S/C34H32ClN3O5/c1-41-32-15-21(33(39)42-2)9-13-26(32)27(17-23-11-8-20-7-10-22(35)16-31(20)37-23)29-19-36-30-14-12-24(18-28(29)30)38-34(40)43-25-5-3-4-6-25/h7-16,18-19,25,27,36H,3-6,17H2,1-2H3,(H,38,40). The fourth-order valence-corrected chi connectivity index (χ4v) is 6.07. The van der Waals surface area contributed by atoms with Crippen molar-refractivity contribution >= 4 is 51.2 Å². The predicted molar refractivity (Wildman–Crippen MR) is 167 cm³/mol. The molecule has 9 heteroatoms. The first-order chi connectivity index (χ1) is 20.9. The number of esters is 1. The number of aromatic amines is 1. The maximum atomic E-state index is 12.6. The minimum Gasteiger partial charge on any atom is -0.496 e. The molecule has 1 fully saturated rings. The first kappa shape index (κ1) is 28.6. The number of H-pyrrole nitrogens is 1. The average Bonchev–Trinajstić information content (AvgIpc) is 3.68. The first-order valence-corrected chi connectivity index (χ1v) is 14.7. The van der Waals surface area contributed by atoms with Crippen molar-refractivity contribution in [2.24, 2.45) is 0 Å². The van der Waals surface area contributed by atoms with Crippen LogP contribution in [-0.4, -0.2) is 42.4 Å². The number of methoxy groups -OCH3 is 2. The van der Waals surface area contributed by atoms with Crippen LogP contribution >= 0.6 is 11.6 Å². The Bertz CT molecular complexity index is 1810. The van der Waals surface area contributed by atoms with Crippen LogP contribution in [0.5, 0.6) is 5.75 Å². The van der Waals surface area contributed by atoms with E-state index in [9.17, 15) is 9.59 Å². The number of carbonyl (C=O) groups excluding carboxylic acids is 2. The molecule has 2 N–H and O–H groups in total. The monoisotopic (exact) mass is 597 g/mol. The first-order valence-electron chi connectivity index (χ1n) is 14.3. The van der Waals surface area contributed by atoms with E-state index in [0.29, 0.717) is 28.4 Å². The van der Waals surface area contributed by atoms with Gasteiger partial charge in [-0.05, 0) is 79.8 Å². The maximum Gasteiger partial charge on any atom is 0.411 e. The van der Waals surface area contributed by atoms with E-state index in [4.69, 9.17) is 30.8 Å². The molecular formula is C34H32ClN3O5. The third-order valence-corrected chi connectivity index (χ3v) is 8.30. The van der Waals surface area contributed by atoms with Crippen LogP contribution in [0.15, 0.2) is 72.9 Å². The summed E-state index contributed by atoms with van der Waals surface area (Å²) in [6.45, 7) is 0. The van der Waals surface area contributed by atoms with Gasteiger partial charge in [-0.1, -0.05) is 29.8 Å². The number of hydrogen-bond donors (Lipinski definition) is 2. The number of hydrogen-bond acceptors (Lipinski definition) is 6. The van der Waals surface area contributed by atoms with E-state index in [1.165, 1.54) is 7.11 Å². The zero-order valence-electron chi connectivity index (χ0n) is 24.0. The normalized spacial score (nSPS) is 14.1. The number of nitrogens with one attached hydrogen (secondary N) is 2. The highest BCUT2D eigenvalue weighted by atomic mass is 35.5. The number of fused-ring (bicyclic) bond motifs is 2. The summed E-state index contributed by atoms with van der Waals surface area (Å²) >= 11 is 6.27. The molecule has 1 aliphatic carbocycles. The number of anilines is 1. The smallest absolute Gasteiger partial charge is 0.411 e. The van der Waals surface area contributed by atoms with Gasteiger partial charge in [-0.15, -0.1) is 0 Å². The average molecular weight is 598 g/mol. The summed E-state index contributed by atoms with van der Waals surface area (Å²) in [6.07, 6.45) is 6.01. The van der Waals surface area contributed by atoms with Crippen molar-refractivity contribution in [3.8, 4) is 5.75 Å². The van der Waals surface area contributed by atoms with E-state index in [2.05, 4.69) is 10.3 Å². The predicted octanol–water partition coefficient (Wildman–Crippen LogP) is 8.03. The number of nitrogens with zero attached hydrogens (tertiary/aromatic N) is 1. The Balaban J connectivity index is 1.41. The van der Waals surface area contributed by atoms with Gasteiger partial charge < -0.3 is 19.2 Å². The molecule has 1 unspecified atom stereocenters. The molecule has 2 heterocycles. The zero-order valence-corrected chi connectivity index (χ0v) is 24.7. The van der Waals surface area contributed by atoms with Crippen LogP contribution in [0.4, 0.5) is 10.5 Å². The van der Waals surface area contributed by atoms with Crippen LogP contribution < -0.4 is 10.1 Å². The summed E-state index contributed by atoms with van der Waals surface area (Å²) in [7, 11) is 2.94.